The van der Waals surface area contributed by atoms with Gasteiger partial charge in [-0.1, -0.05) is 42.0 Å². The van der Waals surface area contributed by atoms with E-state index in [-0.39, 0.29) is 16.9 Å². The van der Waals surface area contributed by atoms with Crippen LogP contribution in [0.2, 0.25) is 5.02 Å². The number of carbonyl (C=O) groups is 2. The number of nitrogens with one attached hydrogen (secondary N) is 3. The number of thiazole rings is 1. The molecule has 0 aliphatic heterocycles. The molecule has 1 aromatic heterocycles. The number of benzene rings is 2. The van der Waals surface area contributed by atoms with Crippen LogP contribution >= 0.6 is 35.2 Å². The first-order valence-corrected chi connectivity index (χ1v) is 10.3. The van der Waals surface area contributed by atoms with Gasteiger partial charge in [0, 0.05) is 23.2 Å². The van der Waals surface area contributed by atoms with Gasteiger partial charge in [-0.3, -0.25) is 14.9 Å². The molecule has 2 amide bonds. The second-order valence-corrected chi connectivity index (χ2v) is 7.81. The van der Waals surface area contributed by atoms with Crippen LogP contribution in [0.1, 0.15) is 18.9 Å². The van der Waals surface area contributed by atoms with Crippen LogP contribution in [0.3, 0.4) is 0 Å². The number of hydrogen-bond acceptors (Lipinski definition) is 5. The molecular weight excluding hydrogens is 428 g/mol. The number of carbonyl (C=O) groups excluding carboxylic acids is 2. The molecule has 0 fully saturated rings. The molecule has 29 heavy (non-hydrogen) atoms. The van der Waals surface area contributed by atoms with Crippen LogP contribution in [-0.4, -0.2) is 21.9 Å². The summed E-state index contributed by atoms with van der Waals surface area (Å²) < 4.78 is 0.887. The molecule has 1 heterocycles. The molecule has 0 aliphatic rings. The van der Waals surface area contributed by atoms with Gasteiger partial charge in [-0.05, 0) is 54.2 Å². The Bertz CT molecular complexity index is 1090. The summed E-state index contributed by atoms with van der Waals surface area (Å²) in [5, 5.41) is 9.68. The third kappa shape index (κ3) is 6.08. The molecule has 0 bridgehead atoms. The van der Waals surface area contributed by atoms with Crippen molar-refractivity contribution in [2.75, 3.05) is 10.6 Å². The van der Waals surface area contributed by atoms with E-state index in [2.05, 4.69) is 20.9 Å². The Labute approximate surface area is 182 Å². The molecule has 0 saturated carbocycles. The van der Waals surface area contributed by atoms with Crippen molar-refractivity contribution in [1.29, 1.82) is 0 Å². The Hall–Kier alpha value is -2.81. The van der Waals surface area contributed by atoms with E-state index in [9.17, 15) is 9.59 Å². The fourth-order valence-corrected chi connectivity index (χ4v) is 3.59. The van der Waals surface area contributed by atoms with Crippen LogP contribution in [0.4, 0.5) is 10.8 Å². The summed E-state index contributed by atoms with van der Waals surface area (Å²) in [6, 6.07) is 12.6. The smallest absolute Gasteiger partial charge is 0.250 e. The number of rotatable bonds is 5. The van der Waals surface area contributed by atoms with Gasteiger partial charge in [0.1, 0.15) is 0 Å². The SMILES string of the molecule is CCC(=O)Nc1nc2ccc(NC(=S)NC(=O)/C=C/c3ccc(Cl)cc3)cc2s1. The zero-order valence-electron chi connectivity index (χ0n) is 15.4. The molecule has 0 unspecified atom stereocenters. The maximum Gasteiger partial charge on any atom is 0.250 e. The standard InChI is InChI=1S/C20H17ClN4O2S2/c1-2-17(26)25-20-23-15-9-8-14(11-16(15)29-20)22-19(28)24-18(27)10-5-12-3-6-13(21)7-4-12/h3-11H,2H2,1H3,(H,23,25,26)(H2,22,24,27,28)/b10-5+. The average molecular weight is 445 g/mol. The number of fused-ring (bicyclic) bond motifs is 1. The third-order valence-corrected chi connectivity index (χ3v) is 5.14. The number of aromatic nitrogens is 1. The van der Waals surface area contributed by atoms with Gasteiger partial charge in [0.25, 0.3) is 0 Å². The molecule has 3 aromatic rings. The van der Waals surface area contributed by atoms with E-state index in [1.54, 1.807) is 31.2 Å². The minimum atomic E-state index is -0.346. The zero-order valence-corrected chi connectivity index (χ0v) is 17.8. The van der Waals surface area contributed by atoms with Crippen LogP contribution < -0.4 is 16.0 Å². The van der Waals surface area contributed by atoms with Gasteiger partial charge in [0.05, 0.1) is 10.2 Å². The number of thiocarbonyl (C=S) groups is 1. The lowest BCUT2D eigenvalue weighted by Gasteiger charge is -2.07. The van der Waals surface area contributed by atoms with Crippen LogP contribution in [0.15, 0.2) is 48.5 Å². The molecule has 0 atom stereocenters. The highest BCUT2D eigenvalue weighted by Crippen LogP contribution is 2.28. The molecule has 6 nitrogen and oxygen atoms in total. The first-order chi connectivity index (χ1) is 13.9. The first-order valence-electron chi connectivity index (χ1n) is 8.69. The van der Waals surface area contributed by atoms with Crippen molar-refractivity contribution in [2.45, 2.75) is 13.3 Å². The fraction of sp³-hybridized carbons (Fsp3) is 0.100. The van der Waals surface area contributed by atoms with Crippen molar-refractivity contribution in [1.82, 2.24) is 10.3 Å². The summed E-state index contributed by atoms with van der Waals surface area (Å²) in [4.78, 5) is 27.9. The number of amides is 2. The van der Waals surface area contributed by atoms with Crippen molar-refractivity contribution in [3.63, 3.8) is 0 Å². The predicted molar refractivity (Wildman–Crippen MR) is 123 cm³/mol. The summed E-state index contributed by atoms with van der Waals surface area (Å²) in [6.07, 6.45) is 3.46. The molecule has 0 aliphatic carbocycles. The Kier molecular flexibility index (Phi) is 6.92. The Balaban J connectivity index is 1.59. The van der Waals surface area contributed by atoms with Gasteiger partial charge < -0.3 is 10.6 Å². The van der Waals surface area contributed by atoms with Crippen LogP contribution in [0.25, 0.3) is 16.3 Å². The predicted octanol–water partition coefficient (Wildman–Crippen LogP) is 4.82. The largest absolute Gasteiger partial charge is 0.332 e. The van der Waals surface area contributed by atoms with Gasteiger partial charge in [-0.2, -0.15) is 0 Å². The molecule has 0 radical (unpaired) electrons. The van der Waals surface area contributed by atoms with Gasteiger partial charge in [-0.15, -0.1) is 0 Å². The molecular formula is C20H17ClN4O2S2. The number of nitrogens with zero attached hydrogens (tertiary/aromatic N) is 1. The van der Waals surface area contributed by atoms with E-state index in [4.69, 9.17) is 23.8 Å². The summed E-state index contributed by atoms with van der Waals surface area (Å²) in [5.74, 6) is -0.432. The highest BCUT2D eigenvalue weighted by Gasteiger charge is 2.08. The summed E-state index contributed by atoms with van der Waals surface area (Å²) in [6.45, 7) is 1.78. The monoisotopic (exact) mass is 444 g/mol. The first kappa shape index (κ1) is 20.9. The molecule has 9 heteroatoms. The Morgan fingerprint density at radius 1 is 1.17 bits per heavy atom. The quantitative estimate of drug-likeness (QED) is 0.388. The van der Waals surface area contributed by atoms with E-state index in [1.165, 1.54) is 17.4 Å². The number of anilines is 2. The van der Waals surface area contributed by atoms with Crippen molar-refractivity contribution < 1.29 is 9.59 Å². The van der Waals surface area contributed by atoms with E-state index in [1.807, 2.05) is 24.3 Å². The van der Waals surface area contributed by atoms with E-state index in [0.717, 1.165) is 15.8 Å². The van der Waals surface area contributed by atoms with E-state index < -0.39 is 0 Å². The Morgan fingerprint density at radius 3 is 2.66 bits per heavy atom. The normalized spacial score (nSPS) is 10.8. The second kappa shape index (κ2) is 9.60. The maximum absolute atomic E-state index is 12.0. The lowest BCUT2D eigenvalue weighted by atomic mass is 10.2. The maximum atomic E-state index is 12.0. The zero-order chi connectivity index (χ0) is 20.8. The van der Waals surface area contributed by atoms with Gasteiger partial charge in [0.2, 0.25) is 11.8 Å². The minimum absolute atomic E-state index is 0.0852. The fourth-order valence-electron chi connectivity index (χ4n) is 2.33. The minimum Gasteiger partial charge on any atom is -0.332 e. The third-order valence-electron chi connectivity index (χ3n) is 3.75. The van der Waals surface area contributed by atoms with Crippen molar-refractivity contribution in [2.24, 2.45) is 0 Å². The van der Waals surface area contributed by atoms with Crippen molar-refractivity contribution in [3.8, 4) is 0 Å². The van der Waals surface area contributed by atoms with E-state index >= 15 is 0 Å². The van der Waals surface area contributed by atoms with Crippen molar-refractivity contribution >= 4 is 79.2 Å². The van der Waals surface area contributed by atoms with Crippen LogP contribution in [0, 0.1) is 0 Å². The van der Waals surface area contributed by atoms with Crippen molar-refractivity contribution in [3.05, 3.63) is 59.1 Å². The average Bonchev–Trinajstić information content (AvgIpc) is 3.08. The number of hydrogen-bond donors (Lipinski definition) is 3. The number of halogens is 1. The molecule has 3 rings (SSSR count). The second-order valence-electron chi connectivity index (χ2n) is 5.93. The van der Waals surface area contributed by atoms with Crippen LogP contribution in [0.5, 0.6) is 0 Å². The topological polar surface area (TPSA) is 83.1 Å². The van der Waals surface area contributed by atoms with Gasteiger partial charge >= 0.3 is 0 Å². The van der Waals surface area contributed by atoms with Gasteiger partial charge in [0.15, 0.2) is 10.2 Å². The van der Waals surface area contributed by atoms with Crippen LogP contribution in [-0.2, 0) is 9.59 Å². The molecule has 2 aromatic carbocycles. The molecule has 3 N–H and O–H groups in total. The van der Waals surface area contributed by atoms with E-state index in [0.29, 0.717) is 22.3 Å². The highest BCUT2D eigenvalue weighted by molar-refractivity contribution is 7.80. The van der Waals surface area contributed by atoms with Gasteiger partial charge in [-0.25, -0.2) is 4.98 Å². The molecule has 0 saturated heterocycles. The highest BCUT2D eigenvalue weighted by atomic mass is 35.5. The Morgan fingerprint density at radius 2 is 1.93 bits per heavy atom. The lowest BCUT2D eigenvalue weighted by molar-refractivity contribution is -0.116. The lowest BCUT2D eigenvalue weighted by Crippen LogP contribution is -2.32. The summed E-state index contributed by atoms with van der Waals surface area (Å²) in [5.41, 5.74) is 2.33. The molecule has 0 spiro atoms. The summed E-state index contributed by atoms with van der Waals surface area (Å²) >= 11 is 12.4. The molecule has 148 valence electrons. The summed E-state index contributed by atoms with van der Waals surface area (Å²) in [7, 11) is 0.